The van der Waals surface area contributed by atoms with Crippen LogP contribution in [-0.4, -0.2) is 35.6 Å². The summed E-state index contributed by atoms with van der Waals surface area (Å²) < 4.78 is 11.2. The molecule has 0 saturated heterocycles. The van der Waals surface area contributed by atoms with E-state index < -0.39 is 9.28 Å². The number of hydrogen-bond acceptors (Lipinski definition) is 3. The Labute approximate surface area is 96.4 Å². The van der Waals surface area contributed by atoms with Crippen LogP contribution >= 0.6 is 0 Å². The Hall–Kier alpha value is 0.0969. The average Bonchev–Trinajstić information content (AvgIpc) is 2.24. The van der Waals surface area contributed by atoms with E-state index in [1.54, 1.807) is 0 Å². The SMILES string of the molecule is CCNCCCCC[SiH](OCC)OCC. The van der Waals surface area contributed by atoms with Gasteiger partial charge in [0.15, 0.2) is 0 Å². The fourth-order valence-electron chi connectivity index (χ4n) is 1.50. The Morgan fingerprint density at radius 3 is 2.13 bits per heavy atom. The van der Waals surface area contributed by atoms with E-state index in [0.717, 1.165) is 32.3 Å². The molecule has 0 aromatic heterocycles. The van der Waals surface area contributed by atoms with E-state index in [9.17, 15) is 0 Å². The first kappa shape index (κ1) is 15.1. The third-order valence-electron chi connectivity index (χ3n) is 2.25. The van der Waals surface area contributed by atoms with E-state index in [1.165, 1.54) is 19.3 Å². The van der Waals surface area contributed by atoms with Crippen LogP contribution in [-0.2, 0) is 8.85 Å². The summed E-state index contributed by atoms with van der Waals surface area (Å²) in [4.78, 5) is 0. The minimum Gasteiger partial charge on any atom is -0.397 e. The summed E-state index contributed by atoms with van der Waals surface area (Å²) in [5.41, 5.74) is 0. The van der Waals surface area contributed by atoms with Gasteiger partial charge in [-0.1, -0.05) is 19.8 Å². The van der Waals surface area contributed by atoms with Crippen molar-refractivity contribution >= 4 is 9.28 Å². The minimum atomic E-state index is -1.31. The summed E-state index contributed by atoms with van der Waals surface area (Å²) in [5, 5.41) is 3.34. The summed E-state index contributed by atoms with van der Waals surface area (Å²) in [5.74, 6) is 0. The van der Waals surface area contributed by atoms with E-state index in [4.69, 9.17) is 8.85 Å². The lowest BCUT2D eigenvalue weighted by atomic mass is 10.2. The van der Waals surface area contributed by atoms with Crippen LogP contribution in [0.1, 0.15) is 40.0 Å². The van der Waals surface area contributed by atoms with E-state index in [-0.39, 0.29) is 0 Å². The van der Waals surface area contributed by atoms with E-state index >= 15 is 0 Å². The minimum absolute atomic E-state index is 0.800. The van der Waals surface area contributed by atoms with Crippen LogP contribution in [0.15, 0.2) is 0 Å². The van der Waals surface area contributed by atoms with Crippen molar-refractivity contribution in [2.24, 2.45) is 0 Å². The number of unbranched alkanes of at least 4 members (excludes halogenated alkanes) is 2. The fraction of sp³-hybridized carbons (Fsp3) is 1.00. The van der Waals surface area contributed by atoms with Crippen LogP contribution in [0.5, 0.6) is 0 Å². The van der Waals surface area contributed by atoms with Crippen LogP contribution < -0.4 is 5.32 Å². The Balaban J connectivity index is 3.28. The highest BCUT2D eigenvalue weighted by Gasteiger charge is 2.10. The Bertz CT molecular complexity index is 119. The zero-order chi connectivity index (χ0) is 11.4. The van der Waals surface area contributed by atoms with E-state index in [1.807, 2.05) is 13.8 Å². The molecule has 0 rings (SSSR count). The lowest BCUT2D eigenvalue weighted by Gasteiger charge is -2.14. The largest absolute Gasteiger partial charge is 0.397 e. The molecule has 3 nitrogen and oxygen atoms in total. The van der Waals surface area contributed by atoms with Gasteiger partial charge < -0.3 is 14.2 Å². The van der Waals surface area contributed by atoms with Gasteiger partial charge in [-0.25, -0.2) is 0 Å². The van der Waals surface area contributed by atoms with Gasteiger partial charge in [-0.2, -0.15) is 0 Å². The summed E-state index contributed by atoms with van der Waals surface area (Å²) in [6.07, 6.45) is 3.81. The van der Waals surface area contributed by atoms with Gasteiger partial charge in [0.05, 0.1) is 0 Å². The first-order chi connectivity index (χ1) is 7.35. The summed E-state index contributed by atoms with van der Waals surface area (Å²) >= 11 is 0. The lowest BCUT2D eigenvalue weighted by Crippen LogP contribution is -2.22. The first-order valence-electron chi connectivity index (χ1n) is 6.29. The van der Waals surface area contributed by atoms with Crippen LogP contribution in [0, 0.1) is 0 Å². The summed E-state index contributed by atoms with van der Waals surface area (Å²) in [7, 11) is -1.31. The molecule has 0 amide bonds. The van der Waals surface area contributed by atoms with Crippen molar-refractivity contribution in [2.45, 2.75) is 46.1 Å². The highest BCUT2D eigenvalue weighted by molar-refractivity contribution is 6.44. The average molecular weight is 233 g/mol. The highest BCUT2D eigenvalue weighted by atomic mass is 28.3. The molecule has 0 bridgehead atoms. The second-order valence-corrected chi connectivity index (χ2v) is 5.65. The van der Waals surface area contributed by atoms with E-state index in [0.29, 0.717) is 0 Å². The van der Waals surface area contributed by atoms with Gasteiger partial charge in [-0.3, -0.25) is 0 Å². The normalized spacial score (nSPS) is 11.2. The van der Waals surface area contributed by atoms with Gasteiger partial charge in [-0.15, -0.1) is 0 Å². The van der Waals surface area contributed by atoms with Crippen LogP contribution in [0.4, 0.5) is 0 Å². The molecule has 4 heteroatoms. The maximum atomic E-state index is 5.61. The van der Waals surface area contributed by atoms with Gasteiger partial charge in [0.2, 0.25) is 0 Å². The van der Waals surface area contributed by atoms with Crippen molar-refractivity contribution in [3.8, 4) is 0 Å². The molecule has 0 spiro atoms. The van der Waals surface area contributed by atoms with Crippen molar-refractivity contribution in [3.63, 3.8) is 0 Å². The highest BCUT2D eigenvalue weighted by Crippen LogP contribution is 2.06. The predicted octanol–water partition coefficient (Wildman–Crippen LogP) is 2.06. The van der Waals surface area contributed by atoms with Gasteiger partial charge in [0.1, 0.15) is 0 Å². The molecular weight excluding hydrogens is 206 g/mol. The fourth-order valence-corrected chi connectivity index (χ4v) is 3.30. The Morgan fingerprint density at radius 2 is 1.60 bits per heavy atom. The lowest BCUT2D eigenvalue weighted by molar-refractivity contribution is 0.212. The second kappa shape index (κ2) is 12.2. The molecule has 0 atom stereocenters. The van der Waals surface area contributed by atoms with Crippen molar-refractivity contribution in [1.82, 2.24) is 5.32 Å². The zero-order valence-electron chi connectivity index (χ0n) is 10.6. The predicted molar refractivity (Wildman–Crippen MR) is 67.6 cm³/mol. The molecule has 0 aromatic carbocycles. The number of nitrogens with one attached hydrogen (secondary N) is 1. The molecule has 0 unspecified atom stereocenters. The van der Waals surface area contributed by atoms with Gasteiger partial charge in [0, 0.05) is 13.2 Å². The van der Waals surface area contributed by atoms with Crippen LogP contribution in [0.2, 0.25) is 6.04 Å². The van der Waals surface area contributed by atoms with Gasteiger partial charge >= 0.3 is 9.28 Å². The maximum Gasteiger partial charge on any atom is 0.321 e. The quantitative estimate of drug-likeness (QED) is 0.438. The topological polar surface area (TPSA) is 30.5 Å². The molecular formula is C11H27NO2Si. The smallest absolute Gasteiger partial charge is 0.321 e. The monoisotopic (exact) mass is 233 g/mol. The molecule has 0 heterocycles. The molecule has 0 fully saturated rings. The molecule has 15 heavy (non-hydrogen) atoms. The second-order valence-electron chi connectivity index (χ2n) is 3.54. The Kier molecular flexibility index (Phi) is 12.2. The third-order valence-corrected chi connectivity index (χ3v) is 4.54. The van der Waals surface area contributed by atoms with Crippen molar-refractivity contribution in [1.29, 1.82) is 0 Å². The van der Waals surface area contributed by atoms with E-state index in [2.05, 4.69) is 12.2 Å². The molecule has 0 saturated carbocycles. The zero-order valence-corrected chi connectivity index (χ0v) is 11.7. The van der Waals surface area contributed by atoms with Crippen LogP contribution in [0.3, 0.4) is 0 Å². The summed E-state index contributed by atoms with van der Waals surface area (Å²) in [6, 6.07) is 1.16. The number of hydrogen-bond donors (Lipinski definition) is 1. The molecule has 0 radical (unpaired) electrons. The standard InChI is InChI=1S/C11H27NO2Si/c1-4-12-10-8-7-9-11-15(13-5-2)14-6-3/h12,15H,4-11H2,1-3H3. The van der Waals surface area contributed by atoms with Crippen molar-refractivity contribution < 1.29 is 8.85 Å². The molecule has 1 N–H and O–H groups in total. The Morgan fingerprint density at radius 1 is 0.933 bits per heavy atom. The molecule has 0 aliphatic heterocycles. The number of rotatable bonds is 11. The van der Waals surface area contributed by atoms with Gasteiger partial charge in [0.25, 0.3) is 0 Å². The van der Waals surface area contributed by atoms with Gasteiger partial charge in [-0.05, 0) is 39.4 Å². The molecule has 0 aliphatic carbocycles. The van der Waals surface area contributed by atoms with Crippen molar-refractivity contribution in [3.05, 3.63) is 0 Å². The third kappa shape index (κ3) is 10.4. The molecule has 0 aliphatic rings. The molecule has 92 valence electrons. The summed E-state index contributed by atoms with van der Waals surface area (Å²) in [6.45, 7) is 10.1. The van der Waals surface area contributed by atoms with Crippen molar-refractivity contribution in [2.75, 3.05) is 26.3 Å². The molecule has 0 aromatic rings. The van der Waals surface area contributed by atoms with Crippen LogP contribution in [0.25, 0.3) is 0 Å². The first-order valence-corrected chi connectivity index (χ1v) is 8.04. The maximum absolute atomic E-state index is 5.61.